The minimum atomic E-state index is -0.258. The van der Waals surface area contributed by atoms with Crippen LogP contribution in [-0.4, -0.2) is 15.0 Å². The van der Waals surface area contributed by atoms with Crippen LogP contribution >= 0.6 is 0 Å². The molecule has 0 aliphatic heterocycles. The highest BCUT2D eigenvalue weighted by atomic mass is 16.2. The summed E-state index contributed by atoms with van der Waals surface area (Å²) in [5.74, 6) is -0.258. The van der Waals surface area contributed by atoms with E-state index in [1.165, 1.54) is 6.07 Å². The average Bonchev–Trinajstić information content (AvgIpc) is 2.73. The van der Waals surface area contributed by atoms with Crippen LogP contribution in [0.15, 0.2) is 35.4 Å². The van der Waals surface area contributed by atoms with Crippen molar-refractivity contribution >= 4 is 17.3 Å². The number of nitrogens with two attached hydrogens (primary N) is 1. The maximum absolute atomic E-state index is 12.1. The number of nitrogens with zero attached hydrogens (tertiary/aromatic N) is 2. The normalized spacial score (nSPS) is 10.5. The topological polar surface area (TPSA) is 82.0 Å². The van der Waals surface area contributed by atoms with E-state index in [1.54, 1.807) is 40.7 Å². The Morgan fingerprint density at radius 2 is 2.10 bits per heavy atom. The third-order valence-corrected chi connectivity index (χ3v) is 2.96. The summed E-state index contributed by atoms with van der Waals surface area (Å²) in [5, 5.41) is 2.76. The van der Waals surface area contributed by atoms with Gasteiger partial charge in [-0.05, 0) is 18.6 Å². The van der Waals surface area contributed by atoms with E-state index >= 15 is 0 Å². The SMILES string of the molecule is CCCn1cc(NC(=O)c2cc(N)cn2C)ccc1=O. The zero-order valence-corrected chi connectivity index (χ0v) is 11.6. The van der Waals surface area contributed by atoms with E-state index in [9.17, 15) is 9.59 Å². The maximum Gasteiger partial charge on any atom is 0.272 e. The highest BCUT2D eigenvalue weighted by Crippen LogP contribution is 2.12. The summed E-state index contributed by atoms with van der Waals surface area (Å²) < 4.78 is 3.24. The molecule has 0 atom stereocenters. The average molecular weight is 274 g/mol. The van der Waals surface area contributed by atoms with E-state index in [4.69, 9.17) is 5.73 Å². The van der Waals surface area contributed by atoms with Crippen molar-refractivity contribution in [3.8, 4) is 0 Å². The second kappa shape index (κ2) is 5.64. The van der Waals surface area contributed by atoms with E-state index < -0.39 is 0 Å². The first-order valence-corrected chi connectivity index (χ1v) is 6.45. The standard InChI is InChI=1S/C14H18N4O2/c1-3-6-18-9-11(4-5-13(18)19)16-14(20)12-7-10(15)8-17(12)2/h4-5,7-9H,3,6,15H2,1-2H3,(H,16,20). The number of nitrogen functional groups attached to an aromatic ring is 1. The van der Waals surface area contributed by atoms with Crippen LogP contribution in [0.4, 0.5) is 11.4 Å². The van der Waals surface area contributed by atoms with Gasteiger partial charge in [0.1, 0.15) is 5.69 Å². The molecule has 0 saturated heterocycles. The van der Waals surface area contributed by atoms with Gasteiger partial charge in [0, 0.05) is 32.1 Å². The predicted octanol–water partition coefficient (Wildman–Crippen LogP) is 1.43. The molecule has 2 aromatic rings. The van der Waals surface area contributed by atoms with Crippen LogP contribution in [0, 0.1) is 0 Å². The molecule has 3 N–H and O–H groups in total. The lowest BCUT2D eigenvalue weighted by Gasteiger charge is -2.09. The van der Waals surface area contributed by atoms with Gasteiger partial charge >= 0.3 is 0 Å². The largest absolute Gasteiger partial charge is 0.397 e. The summed E-state index contributed by atoms with van der Waals surface area (Å²) in [6, 6.07) is 4.65. The molecular weight excluding hydrogens is 256 g/mol. The highest BCUT2D eigenvalue weighted by molar-refractivity contribution is 6.03. The molecule has 2 aromatic heterocycles. The Labute approximate surface area is 116 Å². The monoisotopic (exact) mass is 274 g/mol. The molecule has 0 aromatic carbocycles. The van der Waals surface area contributed by atoms with Crippen LogP contribution in [0.25, 0.3) is 0 Å². The van der Waals surface area contributed by atoms with Crippen molar-refractivity contribution in [1.82, 2.24) is 9.13 Å². The molecule has 0 aliphatic carbocycles. The third kappa shape index (κ3) is 2.90. The molecule has 0 spiro atoms. The van der Waals surface area contributed by atoms with Gasteiger partial charge in [-0.1, -0.05) is 6.92 Å². The Kier molecular flexibility index (Phi) is 3.93. The van der Waals surface area contributed by atoms with Crippen molar-refractivity contribution in [3.63, 3.8) is 0 Å². The molecule has 0 radical (unpaired) electrons. The summed E-state index contributed by atoms with van der Waals surface area (Å²) in [4.78, 5) is 23.7. The summed E-state index contributed by atoms with van der Waals surface area (Å²) in [6.45, 7) is 2.62. The molecule has 0 aliphatic rings. The van der Waals surface area contributed by atoms with Gasteiger partial charge in [0.05, 0.1) is 11.4 Å². The van der Waals surface area contributed by atoms with Gasteiger partial charge in [-0.15, -0.1) is 0 Å². The first-order valence-electron chi connectivity index (χ1n) is 6.45. The minimum Gasteiger partial charge on any atom is -0.397 e. The van der Waals surface area contributed by atoms with Crippen molar-refractivity contribution in [3.05, 3.63) is 46.6 Å². The van der Waals surface area contributed by atoms with Crippen LogP contribution in [-0.2, 0) is 13.6 Å². The van der Waals surface area contributed by atoms with Crippen molar-refractivity contribution in [2.45, 2.75) is 19.9 Å². The van der Waals surface area contributed by atoms with Crippen LogP contribution in [0.2, 0.25) is 0 Å². The summed E-state index contributed by atoms with van der Waals surface area (Å²) in [7, 11) is 1.75. The number of aromatic nitrogens is 2. The van der Waals surface area contributed by atoms with Gasteiger partial charge in [0.25, 0.3) is 11.5 Å². The molecule has 0 bridgehead atoms. The van der Waals surface area contributed by atoms with Crippen LogP contribution in [0.3, 0.4) is 0 Å². The molecule has 0 fully saturated rings. The molecule has 0 unspecified atom stereocenters. The van der Waals surface area contributed by atoms with E-state index in [-0.39, 0.29) is 11.5 Å². The number of carbonyl (C=O) groups excluding carboxylic acids is 1. The number of aryl methyl sites for hydroxylation is 2. The van der Waals surface area contributed by atoms with Crippen molar-refractivity contribution in [2.75, 3.05) is 11.1 Å². The zero-order chi connectivity index (χ0) is 14.7. The number of amides is 1. The number of rotatable bonds is 4. The van der Waals surface area contributed by atoms with Gasteiger partial charge in [0.15, 0.2) is 0 Å². The first-order chi connectivity index (χ1) is 9.51. The number of nitrogens with one attached hydrogen (secondary N) is 1. The Bertz CT molecular complexity index is 685. The fourth-order valence-corrected chi connectivity index (χ4v) is 2.03. The van der Waals surface area contributed by atoms with Gasteiger partial charge in [-0.25, -0.2) is 0 Å². The molecule has 1 amide bonds. The first kappa shape index (κ1) is 13.9. The Balaban J connectivity index is 2.22. The predicted molar refractivity (Wildman–Crippen MR) is 78.8 cm³/mol. The number of hydrogen-bond donors (Lipinski definition) is 2. The molecule has 2 rings (SSSR count). The third-order valence-electron chi connectivity index (χ3n) is 2.96. The Morgan fingerprint density at radius 3 is 2.70 bits per heavy atom. The molecule has 6 nitrogen and oxygen atoms in total. The smallest absolute Gasteiger partial charge is 0.272 e. The molecule has 0 saturated carbocycles. The van der Waals surface area contributed by atoms with Crippen LogP contribution in [0.5, 0.6) is 0 Å². The second-order valence-corrected chi connectivity index (χ2v) is 4.67. The van der Waals surface area contributed by atoms with E-state index in [1.807, 2.05) is 6.92 Å². The van der Waals surface area contributed by atoms with Crippen molar-refractivity contribution < 1.29 is 4.79 Å². The summed E-state index contributed by atoms with van der Waals surface area (Å²) in [6.07, 6.45) is 4.18. The van der Waals surface area contributed by atoms with E-state index in [0.29, 0.717) is 23.6 Å². The van der Waals surface area contributed by atoms with Crippen molar-refractivity contribution in [1.29, 1.82) is 0 Å². The lowest BCUT2D eigenvalue weighted by Crippen LogP contribution is -2.21. The number of hydrogen-bond acceptors (Lipinski definition) is 3. The lowest BCUT2D eigenvalue weighted by molar-refractivity contribution is 0.101. The number of anilines is 2. The lowest BCUT2D eigenvalue weighted by atomic mass is 10.3. The van der Waals surface area contributed by atoms with E-state index in [2.05, 4.69) is 5.32 Å². The zero-order valence-electron chi connectivity index (χ0n) is 11.6. The second-order valence-electron chi connectivity index (χ2n) is 4.67. The highest BCUT2D eigenvalue weighted by Gasteiger charge is 2.11. The molecular formula is C14H18N4O2. The molecule has 20 heavy (non-hydrogen) atoms. The molecule has 2 heterocycles. The Hall–Kier alpha value is -2.50. The fraction of sp³-hybridized carbons (Fsp3) is 0.286. The van der Waals surface area contributed by atoms with Crippen LogP contribution < -0.4 is 16.6 Å². The fourth-order valence-electron chi connectivity index (χ4n) is 2.03. The number of carbonyl (C=O) groups is 1. The van der Waals surface area contributed by atoms with Gasteiger partial charge < -0.3 is 20.2 Å². The van der Waals surface area contributed by atoms with Crippen LogP contribution in [0.1, 0.15) is 23.8 Å². The van der Waals surface area contributed by atoms with Gasteiger partial charge in [-0.3, -0.25) is 9.59 Å². The quantitative estimate of drug-likeness (QED) is 0.884. The number of pyridine rings is 1. The maximum atomic E-state index is 12.1. The minimum absolute atomic E-state index is 0.0760. The summed E-state index contributed by atoms with van der Waals surface area (Å²) >= 11 is 0. The van der Waals surface area contributed by atoms with Gasteiger partial charge in [-0.2, -0.15) is 0 Å². The van der Waals surface area contributed by atoms with Crippen molar-refractivity contribution in [2.24, 2.45) is 7.05 Å². The summed E-state index contributed by atoms with van der Waals surface area (Å²) in [5.41, 5.74) is 7.16. The Morgan fingerprint density at radius 1 is 1.35 bits per heavy atom. The molecule has 6 heteroatoms. The van der Waals surface area contributed by atoms with Gasteiger partial charge in [0.2, 0.25) is 0 Å². The van der Waals surface area contributed by atoms with E-state index in [0.717, 1.165) is 6.42 Å². The molecule has 106 valence electrons.